The second kappa shape index (κ2) is 2.90. The Bertz CT molecular complexity index is 408. The Labute approximate surface area is 78.7 Å². The molecule has 0 atom stereocenters. The fourth-order valence-electron chi connectivity index (χ4n) is 1.19. The van der Waals surface area contributed by atoms with E-state index in [1.165, 1.54) is 5.56 Å². The molecule has 3 heteroatoms. The van der Waals surface area contributed by atoms with E-state index in [1.54, 1.807) is 0 Å². The fourth-order valence-corrected chi connectivity index (χ4v) is 1.54. The van der Waals surface area contributed by atoms with E-state index < -0.39 is 0 Å². The first-order chi connectivity index (χ1) is 5.81. The minimum absolute atomic E-state index is 0.869. The molecule has 0 aliphatic heterocycles. The van der Waals surface area contributed by atoms with E-state index in [-0.39, 0.29) is 0 Å². The zero-order valence-electron chi connectivity index (χ0n) is 6.67. The standard InChI is InChI=1S/C9H8BrNO/c1-6-8-4-7(5-10)2-3-9(8)11-12-6/h2-4H,5H2,1H3. The minimum Gasteiger partial charge on any atom is -0.360 e. The molecular weight excluding hydrogens is 218 g/mol. The Hall–Kier alpha value is -0.830. The highest BCUT2D eigenvalue weighted by Crippen LogP contribution is 2.19. The topological polar surface area (TPSA) is 26.0 Å². The van der Waals surface area contributed by atoms with Crippen LogP contribution in [0, 0.1) is 6.92 Å². The number of aromatic nitrogens is 1. The lowest BCUT2D eigenvalue weighted by Crippen LogP contribution is -1.76. The van der Waals surface area contributed by atoms with E-state index in [4.69, 9.17) is 4.52 Å². The highest BCUT2D eigenvalue weighted by atomic mass is 79.9. The Morgan fingerprint density at radius 3 is 3.08 bits per heavy atom. The molecule has 0 spiro atoms. The summed E-state index contributed by atoms with van der Waals surface area (Å²) < 4.78 is 5.05. The number of nitrogens with zero attached hydrogens (tertiary/aromatic N) is 1. The molecule has 2 nitrogen and oxygen atoms in total. The van der Waals surface area contributed by atoms with Gasteiger partial charge in [0.15, 0.2) is 0 Å². The predicted octanol–water partition coefficient (Wildman–Crippen LogP) is 3.03. The molecule has 0 N–H and O–H groups in total. The lowest BCUT2D eigenvalue weighted by molar-refractivity contribution is 0.405. The van der Waals surface area contributed by atoms with Crippen molar-refractivity contribution in [3.8, 4) is 0 Å². The number of hydrogen-bond donors (Lipinski definition) is 0. The largest absolute Gasteiger partial charge is 0.360 e. The van der Waals surface area contributed by atoms with Crippen molar-refractivity contribution < 1.29 is 4.52 Å². The van der Waals surface area contributed by atoms with Gasteiger partial charge in [0, 0.05) is 10.7 Å². The molecule has 0 radical (unpaired) electrons. The van der Waals surface area contributed by atoms with Gasteiger partial charge in [-0.25, -0.2) is 0 Å². The SMILES string of the molecule is Cc1onc2ccc(CBr)cc12. The highest BCUT2D eigenvalue weighted by Gasteiger charge is 2.03. The van der Waals surface area contributed by atoms with Crippen LogP contribution in [0.1, 0.15) is 11.3 Å². The van der Waals surface area contributed by atoms with Crippen LogP contribution in [0.3, 0.4) is 0 Å². The molecule has 0 aliphatic carbocycles. The van der Waals surface area contributed by atoms with Gasteiger partial charge in [0.05, 0.1) is 0 Å². The molecule has 0 aliphatic rings. The summed E-state index contributed by atoms with van der Waals surface area (Å²) in [5.41, 5.74) is 2.17. The third-order valence-corrected chi connectivity index (χ3v) is 2.52. The number of aryl methyl sites for hydroxylation is 1. The van der Waals surface area contributed by atoms with E-state index in [0.29, 0.717) is 0 Å². The van der Waals surface area contributed by atoms with Crippen molar-refractivity contribution in [3.63, 3.8) is 0 Å². The molecule has 12 heavy (non-hydrogen) atoms. The lowest BCUT2D eigenvalue weighted by atomic mass is 10.1. The number of alkyl halides is 1. The van der Waals surface area contributed by atoms with E-state index in [0.717, 1.165) is 22.0 Å². The molecule has 0 saturated carbocycles. The van der Waals surface area contributed by atoms with Gasteiger partial charge in [-0.3, -0.25) is 0 Å². The summed E-state index contributed by atoms with van der Waals surface area (Å²) in [6.07, 6.45) is 0. The normalized spacial score (nSPS) is 10.8. The van der Waals surface area contributed by atoms with Gasteiger partial charge in [0.2, 0.25) is 0 Å². The average Bonchev–Trinajstić information content (AvgIpc) is 2.47. The third kappa shape index (κ3) is 1.14. The molecule has 62 valence electrons. The predicted molar refractivity (Wildman–Crippen MR) is 51.4 cm³/mol. The van der Waals surface area contributed by atoms with Crippen molar-refractivity contribution in [2.45, 2.75) is 12.3 Å². The van der Waals surface area contributed by atoms with Crippen LogP contribution in [0.25, 0.3) is 10.9 Å². The van der Waals surface area contributed by atoms with Gasteiger partial charge in [-0.05, 0) is 24.6 Å². The smallest absolute Gasteiger partial charge is 0.141 e. The summed E-state index contributed by atoms with van der Waals surface area (Å²) in [7, 11) is 0. The van der Waals surface area contributed by atoms with Crippen LogP contribution in [0.4, 0.5) is 0 Å². The molecule has 0 amide bonds. The van der Waals surface area contributed by atoms with Crippen LogP contribution in [0.15, 0.2) is 22.7 Å². The van der Waals surface area contributed by atoms with Crippen molar-refractivity contribution in [2.24, 2.45) is 0 Å². The summed E-state index contributed by atoms with van der Waals surface area (Å²) >= 11 is 3.41. The van der Waals surface area contributed by atoms with Gasteiger partial charge in [-0.15, -0.1) is 0 Å². The summed E-state index contributed by atoms with van der Waals surface area (Å²) in [4.78, 5) is 0. The van der Waals surface area contributed by atoms with Gasteiger partial charge in [-0.2, -0.15) is 0 Å². The quantitative estimate of drug-likeness (QED) is 0.698. The van der Waals surface area contributed by atoms with Crippen molar-refractivity contribution in [2.75, 3.05) is 0 Å². The molecular formula is C9H8BrNO. The van der Waals surface area contributed by atoms with Crippen LogP contribution in [0.5, 0.6) is 0 Å². The number of benzene rings is 1. The Balaban J connectivity index is 2.71. The van der Waals surface area contributed by atoms with E-state index in [1.807, 2.05) is 19.1 Å². The molecule has 1 heterocycles. The number of halogens is 1. The maximum absolute atomic E-state index is 5.05. The van der Waals surface area contributed by atoms with E-state index >= 15 is 0 Å². The molecule has 0 unspecified atom stereocenters. The maximum Gasteiger partial charge on any atom is 0.141 e. The molecule has 1 aromatic carbocycles. The fraction of sp³-hybridized carbons (Fsp3) is 0.222. The molecule has 2 aromatic rings. The molecule has 0 saturated heterocycles. The average molecular weight is 226 g/mol. The molecule has 0 fully saturated rings. The van der Waals surface area contributed by atoms with Gasteiger partial charge in [-0.1, -0.05) is 27.2 Å². The molecule has 2 rings (SSSR count). The zero-order valence-corrected chi connectivity index (χ0v) is 8.26. The summed E-state index contributed by atoms with van der Waals surface area (Å²) in [6.45, 7) is 1.92. The minimum atomic E-state index is 0.869. The van der Waals surface area contributed by atoms with Gasteiger partial charge < -0.3 is 4.52 Å². The molecule has 1 aromatic heterocycles. The van der Waals surface area contributed by atoms with Crippen molar-refractivity contribution in [1.82, 2.24) is 5.16 Å². The number of fused-ring (bicyclic) bond motifs is 1. The Morgan fingerprint density at radius 1 is 1.50 bits per heavy atom. The van der Waals surface area contributed by atoms with Crippen molar-refractivity contribution >= 4 is 26.8 Å². The monoisotopic (exact) mass is 225 g/mol. The van der Waals surface area contributed by atoms with E-state index in [9.17, 15) is 0 Å². The lowest BCUT2D eigenvalue weighted by Gasteiger charge is -1.93. The van der Waals surface area contributed by atoms with Crippen LogP contribution in [-0.2, 0) is 5.33 Å². The van der Waals surface area contributed by atoms with Gasteiger partial charge in [0.25, 0.3) is 0 Å². The summed E-state index contributed by atoms with van der Waals surface area (Å²) in [6, 6.07) is 6.11. The Morgan fingerprint density at radius 2 is 2.33 bits per heavy atom. The summed E-state index contributed by atoms with van der Waals surface area (Å²) in [5, 5.41) is 5.88. The highest BCUT2D eigenvalue weighted by molar-refractivity contribution is 9.08. The Kier molecular flexibility index (Phi) is 1.89. The van der Waals surface area contributed by atoms with Gasteiger partial charge >= 0.3 is 0 Å². The summed E-state index contributed by atoms with van der Waals surface area (Å²) in [5.74, 6) is 0.882. The van der Waals surface area contributed by atoms with E-state index in [2.05, 4.69) is 27.2 Å². The third-order valence-electron chi connectivity index (χ3n) is 1.88. The zero-order chi connectivity index (χ0) is 8.55. The second-order valence-electron chi connectivity index (χ2n) is 2.72. The van der Waals surface area contributed by atoms with Crippen molar-refractivity contribution in [3.05, 3.63) is 29.5 Å². The first-order valence-electron chi connectivity index (χ1n) is 3.72. The van der Waals surface area contributed by atoms with Crippen LogP contribution in [0.2, 0.25) is 0 Å². The van der Waals surface area contributed by atoms with Crippen LogP contribution in [-0.4, -0.2) is 5.16 Å². The second-order valence-corrected chi connectivity index (χ2v) is 3.28. The van der Waals surface area contributed by atoms with Crippen molar-refractivity contribution in [1.29, 1.82) is 0 Å². The maximum atomic E-state index is 5.05. The number of rotatable bonds is 1. The molecule has 0 bridgehead atoms. The first kappa shape index (κ1) is 7.80. The first-order valence-corrected chi connectivity index (χ1v) is 4.84. The van der Waals surface area contributed by atoms with Crippen LogP contribution < -0.4 is 0 Å². The number of hydrogen-bond acceptors (Lipinski definition) is 2. The van der Waals surface area contributed by atoms with Crippen LogP contribution >= 0.6 is 15.9 Å². The van der Waals surface area contributed by atoms with Gasteiger partial charge in [0.1, 0.15) is 11.3 Å².